The number of halogens is 3. The molecular weight excluding hydrogens is 295 g/mol. The van der Waals surface area contributed by atoms with Crippen LogP contribution in [0.2, 0.25) is 15.2 Å². The summed E-state index contributed by atoms with van der Waals surface area (Å²) in [6.07, 6.45) is 0. The molecule has 1 heterocycles. The Bertz CT molecular complexity index is 581. The van der Waals surface area contributed by atoms with E-state index in [1.165, 1.54) is 0 Å². The number of aromatic nitrogens is 2. The van der Waals surface area contributed by atoms with Crippen molar-refractivity contribution in [3.8, 4) is 5.75 Å². The van der Waals surface area contributed by atoms with E-state index in [1.807, 2.05) is 6.92 Å². The van der Waals surface area contributed by atoms with E-state index in [2.05, 4.69) is 5.10 Å². The monoisotopic (exact) mass is 304 g/mol. The van der Waals surface area contributed by atoms with E-state index in [9.17, 15) is 0 Å². The summed E-state index contributed by atoms with van der Waals surface area (Å²) in [6, 6.07) is 5.07. The van der Waals surface area contributed by atoms with Crippen LogP contribution in [0.5, 0.6) is 5.75 Å². The van der Waals surface area contributed by atoms with E-state index in [-0.39, 0.29) is 0 Å². The highest BCUT2D eigenvalue weighted by atomic mass is 35.5. The van der Waals surface area contributed by atoms with Crippen molar-refractivity contribution in [2.24, 2.45) is 7.05 Å². The Morgan fingerprint density at radius 1 is 1.28 bits per heavy atom. The predicted molar refractivity (Wildman–Crippen MR) is 73.7 cm³/mol. The van der Waals surface area contributed by atoms with Crippen LogP contribution in [0, 0.1) is 6.92 Å². The average molecular weight is 306 g/mol. The maximum atomic E-state index is 6.11. The second-order valence-corrected chi connectivity index (χ2v) is 5.04. The molecule has 3 nitrogen and oxygen atoms in total. The lowest BCUT2D eigenvalue weighted by molar-refractivity contribution is 0.305. The maximum absolute atomic E-state index is 6.11. The third kappa shape index (κ3) is 2.74. The summed E-state index contributed by atoms with van der Waals surface area (Å²) >= 11 is 18.0. The minimum absolute atomic E-state index is 0.304. The molecule has 2 rings (SSSR count). The number of benzene rings is 1. The second kappa shape index (κ2) is 5.39. The van der Waals surface area contributed by atoms with E-state index in [1.54, 1.807) is 29.9 Å². The van der Waals surface area contributed by atoms with Crippen LogP contribution in [-0.2, 0) is 13.7 Å². The molecule has 1 aromatic heterocycles. The third-order valence-electron chi connectivity index (χ3n) is 2.54. The van der Waals surface area contributed by atoms with Gasteiger partial charge in [-0.15, -0.1) is 0 Å². The summed E-state index contributed by atoms with van der Waals surface area (Å²) in [7, 11) is 1.78. The highest BCUT2D eigenvalue weighted by Gasteiger charge is 2.12. The van der Waals surface area contributed by atoms with Crippen LogP contribution in [0.4, 0.5) is 0 Å². The van der Waals surface area contributed by atoms with Gasteiger partial charge in [0.2, 0.25) is 0 Å². The van der Waals surface area contributed by atoms with Gasteiger partial charge in [-0.05, 0) is 19.1 Å². The molecule has 0 aliphatic heterocycles. The zero-order chi connectivity index (χ0) is 13.3. The summed E-state index contributed by atoms with van der Waals surface area (Å²) in [5, 5.41) is 5.85. The summed E-state index contributed by atoms with van der Waals surface area (Å²) < 4.78 is 7.23. The van der Waals surface area contributed by atoms with Crippen molar-refractivity contribution in [1.29, 1.82) is 0 Å². The van der Waals surface area contributed by atoms with E-state index in [0.29, 0.717) is 27.6 Å². The molecule has 1 aromatic carbocycles. The van der Waals surface area contributed by atoms with Gasteiger partial charge in [-0.25, -0.2) is 0 Å². The van der Waals surface area contributed by atoms with Gasteiger partial charge in [0, 0.05) is 23.7 Å². The Morgan fingerprint density at radius 2 is 2.00 bits per heavy atom. The van der Waals surface area contributed by atoms with Crippen LogP contribution in [0.1, 0.15) is 11.3 Å². The third-order valence-corrected chi connectivity index (χ3v) is 3.56. The Kier molecular flexibility index (Phi) is 4.05. The molecule has 96 valence electrons. The van der Waals surface area contributed by atoms with E-state index in [0.717, 1.165) is 11.3 Å². The van der Waals surface area contributed by atoms with Gasteiger partial charge in [0.05, 0.1) is 10.7 Å². The van der Waals surface area contributed by atoms with Crippen molar-refractivity contribution in [3.63, 3.8) is 0 Å². The van der Waals surface area contributed by atoms with Gasteiger partial charge < -0.3 is 4.74 Å². The van der Waals surface area contributed by atoms with Crippen LogP contribution in [0.25, 0.3) is 0 Å². The SMILES string of the molecule is Cc1nn(C)c(Cl)c1COc1cc(Cl)ccc1Cl. The minimum Gasteiger partial charge on any atom is -0.487 e. The first-order chi connectivity index (χ1) is 8.49. The summed E-state index contributed by atoms with van der Waals surface area (Å²) in [5.41, 5.74) is 1.68. The molecule has 0 aliphatic rings. The van der Waals surface area contributed by atoms with Gasteiger partial charge in [-0.3, -0.25) is 4.68 Å². The molecule has 0 spiro atoms. The van der Waals surface area contributed by atoms with Gasteiger partial charge in [-0.1, -0.05) is 34.8 Å². The van der Waals surface area contributed by atoms with Crippen LogP contribution in [0.3, 0.4) is 0 Å². The van der Waals surface area contributed by atoms with Crippen molar-refractivity contribution < 1.29 is 4.74 Å². The van der Waals surface area contributed by atoms with Gasteiger partial charge in [0.1, 0.15) is 17.5 Å². The fraction of sp³-hybridized carbons (Fsp3) is 0.250. The standard InChI is InChI=1S/C12H11Cl3N2O/c1-7-9(12(15)17(2)16-7)6-18-11-5-8(13)3-4-10(11)14/h3-5H,6H2,1-2H3. The smallest absolute Gasteiger partial charge is 0.139 e. The highest BCUT2D eigenvalue weighted by molar-refractivity contribution is 6.34. The van der Waals surface area contributed by atoms with Gasteiger partial charge >= 0.3 is 0 Å². The van der Waals surface area contributed by atoms with E-state index in [4.69, 9.17) is 39.5 Å². The zero-order valence-electron chi connectivity index (χ0n) is 9.88. The van der Waals surface area contributed by atoms with Crippen LogP contribution < -0.4 is 4.74 Å². The van der Waals surface area contributed by atoms with Gasteiger partial charge in [-0.2, -0.15) is 5.10 Å². The van der Waals surface area contributed by atoms with Gasteiger partial charge in [0.15, 0.2) is 0 Å². The van der Waals surface area contributed by atoms with E-state index >= 15 is 0 Å². The number of hydrogen-bond donors (Lipinski definition) is 0. The average Bonchev–Trinajstić information content (AvgIpc) is 2.55. The van der Waals surface area contributed by atoms with Crippen LogP contribution in [-0.4, -0.2) is 9.78 Å². The second-order valence-electron chi connectivity index (χ2n) is 3.84. The maximum Gasteiger partial charge on any atom is 0.139 e. The number of nitrogens with zero attached hydrogens (tertiary/aromatic N) is 2. The molecule has 6 heteroatoms. The quantitative estimate of drug-likeness (QED) is 0.847. The van der Waals surface area contributed by atoms with E-state index < -0.39 is 0 Å². The molecule has 0 N–H and O–H groups in total. The Hall–Kier alpha value is -0.900. The normalized spacial score (nSPS) is 10.7. The lowest BCUT2D eigenvalue weighted by Gasteiger charge is -2.08. The van der Waals surface area contributed by atoms with Crippen molar-refractivity contribution in [2.45, 2.75) is 13.5 Å². The van der Waals surface area contributed by atoms with Crippen molar-refractivity contribution in [2.75, 3.05) is 0 Å². The molecule has 0 amide bonds. The molecule has 0 saturated carbocycles. The number of rotatable bonds is 3. The molecule has 2 aromatic rings. The summed E-state index contributed by atoms with van der Waals surface area (Å²) in [6.45, 7) is 2.18. The van der Waals surface area contributed by atoms with Crippen LogP contribution >= 0.6 is 34.8 Å². The summed E-state index contributed by atoms with van der Waals surface area (Å²) in [5.74, 6) is 0.531. The molecule has 0 atom stereocenters. The first kappa shape index (κ1) is 13.5. The predicted octanol–water partition coefficient (Wildman–Crippen LogP) is 4.27. The van der Waals surface area contributed by atoms with Crippen LogP contribution in [0.15, 0.2) is 18.2 Å². The molecular formula is C12H11Cl3N2O. The zero-order valence-corrected chi connectivity index (χ0v) is 12.1. The number of aryl methyl sites for hydroxylation is 2. The Labute approximate surface area is 120 Å². The number of ether oxygens (including phenoxy) is 1. The largest absolute Gasteiger partial charge is 0.487 e. The number of hydrogen-bond acceptors (Lipinski definition) is 2. The molecule has 0 aliphatic carbocycles. The molecule has 0 saturated heterocycles. The first-order valence-corrected chi connectivity index (χ1v) is 6.38. The lowest BCUT2D eigenvalue weighted by Crippen LogP contribution is -1.97. The lowest BCUT2D eigenvalue weighted by atomic mass is 10.3. The first-order valence-electron chi connectivity index (χ1n) is 5.25. The Morgan fingerprint density at radius 3 is 2.61 bits per heavy atom. The highest BCUT2D eigenvalue weighted by Crippen LogP contribution is 2.29. The van der Waals surface area contributed by atoms with Crippen molar-refractivity contribution in [3.05, 3.63) is 44.7 Å². The molecule has 18 heavy (non-hydrogen) atoms. The summed E-state index contributed by atoms with van der Waals surface area (Å²) in [4.78, 5) is 0. The Balaban J connectivity index is 2.19. The molecule has 0 bridgehead atoms. The van der Waals surface area contributed by atoms with Crippen molar-refractivity contribution in [1.82, 2.24) is 9.78 Å². The van der Waals surface area contributed by atoms with Crippen molar-refractivity contribution >= 4 is 34.8 Å². The fourth-order valence-electron chi connectivity index (χ4n) is 1.58. The molecule has 0 radical (unpaired) electrons. The topological polar surface area (TPSA) is 27.1 Å². The fourth-order valence-corrected chi connectivity index (χ4v) is 2.14. The molecule has 0 unspecified atom stereocenters. The van der Waals surface area contributed by atoms with Gasteiger partial charge in [0.25, 0.3) is 0 Å². The minimum atomic E-state index is 0.304. The molecule has 0 fully saturated rings.